The highest BCUT2D eigenvalue weighted by molar-refractivity contribution is 6.30. The Hall–Kier alpha value is -2.60. The molecule has 1 spiro atoms. The van der Waals surface area contributed by atoms with Gasteiger partial charge in [0.2, 0.25) is 0 Å². The van der Waals surface area contributed by atoms with Crippen LogP contribution >= 0.6 is 11.6 Å². The summed E-state index contributed by atoms with van der Waals surface area (Å²) in [7, 11) is 0. The number of phenols is 1. The van der Waals surface area contributed by atoms with Crippen molar-refractivity contribution < 1.29 is 14.9 Å². The zero-order valence-corrected chi connectivity index (χ0v) is 20.1. The number of halogens is 1. The number of pyridine rings is 1. The molecule has 1 saturated carbocycles. The Labute approximate surface area is 209 Å². The van der Waals surface area contributed by atoms with Crippen LogP contribution in [-0.4, -0.2) is 44.8 Å². The summed E-state index contributed by atoms with van der Waals surface area (Å²) < 4.78 is 6.58. The van der Waals surface area contributed by atoms with E-state index in [9.17, 15) is 10.2 Å². The first kappa shape index (κ1) is 20.6. The Bertz CT molecular complexity index is 1400. The Balaban J connectivity index is 1.33. The second-order valence-electron chi connectivity index (χ2n) is 11.2. The van der Waals surface area contributed by atoms with Crippen LogP contribution in [0.3, 0.4) is 0 Å². The molecule has 2 aliphatic heterocycles. The van der Waals surface area contributed by atoms with E-state index < -0.39 is 17.1 Å². The SMILES string of the molecule is Oc1ccc2c3c1O[C@H]1c4ncc(-c5cccc(Cl)c5)cc4C[C@@]4(O)[C@@H](C2)N(CC2CC2)CC[C@]314. The molecule has 1 saturated heterocycles. The molecule has 8 rings (SSSR count). The number of nitrogens with zero attached hydrogens (tertiary/aromatic N) is 2. The van der Waals surface area contributed by atoms with E-state index >= 15 is 0 Å². The van der Waals surface area contributed by atoms with Crippen LogP contribution < -0.4 is 4.74 Å². The van der Waals surface area contributed by atoms with Gasteiger partial charge in [0.15, 0.2) is 17.6 Å². The molecule has 3 aromatic rings. The van der Waals surface area contributed by atoms with Gasteiger partial charge in [0.05, 0.1) is 16.7 Å². The van der Waals surface area contributed by atoms with Crippen molar-refractivity contribution in [1.82, 2.24) is 9.88 Å². The maximum absolute atomic E-state index is 12.8. The van der Waals surface area contributed by atoms with E-state index in [1.54, 1.807) is 6.07 Å². The van der Waals surface area contributed by atoms with Crippen LogP contribution in [0.4, 0.5) is 0 Å². The molecule has 2 N–H and O–H groups in total. The summed E-state index contributed by atoms with van der Waals surface area (Å²) in [4.78, 5) is 7.49. The first-order valence-corrected chi connectivity index (χ1v) is 13.1. The molecule has 3 heterocycles. The lowest BCUT2D eigenvalue weighted by atomic mass is 9.49. The summed E-state index contributed by atoms with van der Waals surface area (Å²) in [6.45, 7) is 2.00. The summed E-state index contributed by atoms with van der Waals surface area (Å²) in [6.07, 6.45) is 6.19. The lowest BCUT2D eigenvalue weighted by Gasteiger charge is -2.63. The predicted octanol–water partition coefficient (Wildman–Crippen LogP) is 4.81. The van der Waals surface area contributed by atoms with Crippen LogP contribution in [0.1, 0.15) is 47.8 Å². The second kappa shape index (κ2) is 6.78. The third-order valence-corrected chi connectivity index (χ3v) is 9.62. The minimum Gasteiger partial charge on any atom is -0.504 e. The highest BCUT2D eigenvalue weighted by Crippen LogP contribution is 2.68. The molecule has 2 aromatic carbocycles. The van der Waals surface area contributed by atoms with Crippen molar-refractivity contribution in [3.63, 3.8) is 0 Å². The molecule has 5 aliphatic rings. The number of aromatic hydroxyl groups is 1. The Morgan fingerprint density at radius 1 is 1.11 bits per heavy atom. The van der Waals surface area contributed by atoms with Crippen LogP contribution in [0, 0.1) is 5.92 Å². The van der Waals surface area contributed by atoms with Crippen LogP contribution in [0.5, 0.6) is 11.5 Å². The van der Waals surface area contributed by atoms with Crippen LogP contribution in [-0.2, 0) is 18.3 Å². The summed E-state index contributed by atoms with van der Waals surface area (Å²) in [5, 5.41) is 24.3. The maximum atomic E-state index is 12.8. The van der Waals surface area contributed by atoms with E-state index in [2.05, 4.69) is 11.0 Å². The first-order chi connectivity index (χ1) is 17.0. The van der Waals surface area contributed by atoms with Crippen molar-refractivity contribution in [3.05, 3.63) is 76.1 Å². The van der Waals surface area contributed by atoms with E-state index in [4.69, 9.17) is 21.3 Å². The molecule has 2 fully saturated rings. The van der Waals surface area contributed by atoms with Gasteiger partial charge >= 0.3 is 0 Å². The van der Waals surface area contributed by atoms with Crippen LogP contribution in [0.15, 0.2) is 48.7 Å². The second-order valence-corrected chi connectivity index (χ2v) is 11.6. The van der Waals surface area contributed by atoms with E-state index in [-0.39, 0.29) is 11.8 Å². The van der Waals surface area contributed by atoms with Crippen molar-refractivity contribution >= 4 is 11.6 Å². The Morgan fingerprint density at radius 2 is 2.00 bits per heavy atom. The van der Waals surface area contributed by atoms with Crippen molar-refractivity contribution in [2.24, 2.45) is 5.92 Å². The highest BCUT2D eigenvalue weighted by Gasteiger charge is 2.72. The van der Waals surface area contributed by atoms with Crippen LogP contribution in [0.2, 0.25) is 5.02 Å². The quantitative estimate of drug-likeness (QED) is 0.556. The normalized spacial score (nSPS) is 32.1. The number of aliphatic hydroxyl groups is 1. The number of rotatable bonds is 3. The molecule has 0 unspecified atom stereocenters. The number of phenolic OH excluding ortho intramolecular Hbond substituents is 1. The highest BCUT2D eigenvalue weighted by atomic mass is 35.5. The summed E-state index contributed by atoms with van der Waals surface area (Å²) >= 11 is 6.27. The number of piperidine rings is 1. The zero-order chi connectivity index (χ0) is 23.5. The smallest absolute Gasteiger partial charge is 0.166 e. The molecule has 1 aromatic heterocycles. The lowest BCUT2D eigenvalue weighted by molar-refractivity contribution is -0.173. The number of likely N-dealkylation sites (tertiary alicyclic amines) is 1. The molecule has 0 amide bonds. The lowest BCUT2D eigenvalue weighted by Crippen LogP contribution is -2.74. The molecule has 35 heavy (non-hydrogen) atoms. The number of fused-ring (bicyclic) bond motifs is 2. The van der Waals surface area contributed by atoms with E-state index in [1.807, 2.05) is 36.5 Å². The number of ether oxygens (including phenoxy) is 1. The molecular weight excluding hydrogens is 460 g/mol. The predicted molar refractivity (Wildman–Crippen MR) is 133 cm³/mol. The fourth-order valence-corrected chi connectivity index (χ4v) is 7.86. The molecule has 6 heteroatoms. The standard InChI is InChI=1S/C29H27ClN2O3/c30-21-3-1-2-17(11-21)20-10-19-13-29(34)23-12-18-6-7-22(33)26-24(18)28(29,27(35-26)25(19)31-14-20)8-9-32(23)15-16-4-5-16/h1-3,6-7,10-11,14,16,23,27,33-34H,4-5,8-9,12-13,15H2/t23-,27+,28+,29-/m1/s1. The Morgan fingerprint density at radius 3 is 2.83 bits per heavy atom. The molecular formula is C29H27ClN2O3. The minimum atomic E-state index is -0.988. The Kier molecular flexibility index (Phi) is 3.99. The van der Waals surface area contributed by atoms with E-state index in [0.29, 0.717) is 17.2 Å². The van der Waals surface area contributed by atoms with E-state index in [0.717, 1.165) is 59.8 Å². The van der Waals surface area contributed by atoms with Crippen molar-refractivity contribution in [1.29, 1.82) is 0 Å². The topological polar surface area (TPSA) is 65.8 Å². The summed E-state index contributed by atoms with van der Waals surface area (Å²) in [6, 6.07) is 13.8. The molecule has 0 radical (unpaired) electrons. The average molecular weight is 487 g/mol. The van der Waals surface area contributed by atoms with Crippen molar-refractivity contribution in [3.8, 4) is 22.6 Å². The van der Waals surface area contributed by atoms with Gasteiger partial charge in [-0.2, -0.15) is 0 Å². The molecule has 178 valence electrons. The van der Waals surface area contributed by atoms with Gasteiger partial charge in [-0.15, -0.1) is 0 Å². The van der Waals surface area contributed by atoms with E-state index in [1.165, 1.54) is 18.4 Å². The van der Waals surface area contributed by atoms with Gasteiger partial charge in [0.25, 0.3) is 0 Å². The molecule has 3 aliphatic carbocycles. The molecule has 5 nitrogen and oxygen atoms in total. The summed E-state index contributed by atoms with van der Waals surface area (Å²) in [5.41, 5.74) is 4.57. The number of hydrogen-bond donors (Lipinski definition) is 2. The number of hydrogen-bond acceptors (Lipinski definition) is 5. The summed E-state index contributed by atoms with van der Waals surface area (Å²) in [5.74, 6) is 1.46. The number of aromatic nitrogens is 1. The van der Waals surface area contributed by atoms with Crippen molar-refractivity contribution in [2.45, 2.75) is 55.3 Å². The number of benzene rings is 2. The molecule has 4 atom stereocenters. The van der Waals surface area contributed by atoms with Gasteiger partial charge in [-0.1, -0.05) is 29.8 Å². The maximum Gasteiger partial charge on any atom is 0.166 e. The fourth-order valence-electron chi connectivity index (χ4n) is 7.67. The van der Waals surface area contributed by atoms with Gasteiger partial charge < -0.3 is 14.9 Å². The average Bonchev–Trinajstić information content (AvgIpc) is 3.58. The van der Waals surface area contributed by atoms with Crippen molar-refractivity contribution in [2.75, 3.05) is 13.1 Å². The minimum absolute atomic E-state index is 0.0221. The van der Waals surface area contributed by atoms with Gasteiger partial charge in [-0.3, -0.25) is 9.88 Å². The van der Waals surface area contributed by atoms with Gasteiger partial charge in [-0.05, 0) is 79.1 Å². The third kappa shape index (κ3) is 2.59. The van der Waals surface area contributed by atoms with Gasteiger partial charge in [-0.25, -0.2) is 0 Å². The fraction of sp³-hybridized carbons (Fsp3) is 0.414. The van der Waals surface area contributed by atoms with Gasteiger partial charge in [0, 0.05) is 41.4 Å². The zero-order valence-electron chi connectivity index (χ0n) is 19.4. The largest absolute Gasteiger partial charge is 0.504 e. The molecule has 2 bridgehead atoms. The first-order valence-electron chi connectivity index (χ1n) is 12.7. The van der Waals surface area contributed by atoms with Crippen LogP contribution in [0.25, 0.3) is 11.1 Å². The monoisotopic (exact) mass is 486 g/mol. The third-order valence-electron chi connectivity index (χ3n) is 9.38. The van der Waals surface area contributed by atoms with Gasteiger partial charge in [0.1, 0.15) is 0 Å².